The number of nitrogens with zero attached hydrogens (tertiary/aromatic N) is 2. The van der Waals surface area contributed by atoms with Crippen molar-refractivity contribution in [2.75, 3.05) is 0 Å². The Morgan fingerprint density at radius 2 is 1.89 bits per heavy atom. The zero-order valence-electron chi connectivity index (χ0n) is 9.57. The Bertz CT molecular complexity index is 731. The molecule has 0 saturated heterocycles. The fraction of sp³-hybridized carbons (Fsp3) is 0.0769. The van der Waals surface area contributed by atoms with Crippen LogP contribution in [0.2, 0.25) is 0 Å². The van der Waals surface area contributed by atoms with Crippen LogP contribution in [0.25, 0.3) is 22.3 Å². The minimum Gasteiger partial charge on any atom is -0.334 e. The number of rotatable bonds is 1. The van der Waals surface area contributed by atoms with Gasteiger partial charge < -0.3 is 4.98 Å². The van der Waals surface area contributed by atoms with Crippen LogP contribution in [0.1, 0.15) is 5.69 Å². The first-order valence-corrected chi connectivity index (χ1v) is 5.51. The van der Waals surface area contributed by atoms with Crippen molar-refractivity contribution in [3.63, 3.8) is 0 Å². The van der Waals surface area contributed by atoms with Crippen molar-refractivity contribution < 1.29 is 13.2 Å². The van der Waals surface area contributed by atoms with Crippen molar-refractivity contribution >= 4 is 10.9 Å². The number of H-pyrrole nitrogens is 1. The largest absolute Gasteiger partial charge is 0.432 e. The number of aromatic nitrogens is 3. The molecule has 0 radical (unpaired) electrons. The highest BCUT2D eigenvalue weighted by Gasteiger charge is 2.33. The molecule has 0 aliphatic heterocycles. The highest BCUT2D eigenvalue weighted by Crippen LogP contribution is 2.29. The van der Waals surface area contributed by atoms with Crippen molar-refractivity contribution in [3.8, 4) is 11.4 Å². The summed E-state index contributed by atoms with van der Waals surface area (Å²) in [5.74, 6) is 0.180. The van der Waals surface area contributed by atoms with Crippen LogP contribution in [0, 0.1) is 0 Å². The Morgan fingerprint density at radius 1 is 1.05 bits per heavy atom. The first kappa shape index (κ1) is 11.7. The zero-order valence-corrected chi connectivity index (χ0v) is 9.57. The maximum absolute atomic E-state index is 12.5. The minimum absolute atomic E-state index is 0.180. The number of alkyl halides is 3. The molecule has 0 aliphatic rings. The normalized spacial score (nSPS) is 11.9. The third-order valence-electron chi connectivity index (χ3n) is 2.76. The van der Waals surface area contributed by atoms with Gasteiger partial charge in [0.2, 0.25) is 0 Å². The van der Waals surface area contributed by atoms with Gasteiger partial charge in [-0.15, -0.1) is 0 Å². The smallest absolute Gasteiger partial charge is 0.334 e. The predicted molar refractivity (Wildman–Crippen MR) is 64.3 cm³/mol. The minimum atomic E-state index is -4.42. The van der Waals surface area contributed by atoms with E-state index in [-0.39, 0.29) is 5.82 Å². The van der Waals surface area contributed by atoms with E-state index in [0.29, 0.717) is 11.1 Å². The highest BCUT2D eigenvalue weighted by molar-refractivity contribution is 5.82. The number of benzene rings is 1. The molecule has 1 N–H and O–H groups in total. The second-order valence-electron chi connectivity index (χ2n) is 4.05. The Kier molecular flexibility index (Phi) is 2.51. The third-order valence-corrected chi connectivity index (χ3v) is 2.76. The lowest BCUT2D eigenvalue weighted by Crippen LogP contribution is -2.04. The Morgan fingerprint density at radius 3 is 2.63 bits per heavy atom. The van der Waals surface area contributed by atoms with Gasteiger partial charge >= 0.3 is 6.18 Å². The van der Waals surface area contributed by atoms with Gasteiger partial charge in [-0.3, -0.25) is 4.98 Å². The number of aromatic amines is 1. The van der Waals surface area contributed by atoms with Crippen LogP contribution in [0.5, 0.6) is 0 Å². The van der Waals surface area contributed by atoms with Crippen LogP contribution in [-0.4, -0.2) is 15.0 Å². The standard InChI is InChI=1S/C13H8F3N3/c14-13(15,16)11-7-18-12(19-11)9-4-3-8-2-1-5-17-10(8)6-9/h1-7H,(H,18,19). The summed E-state index contributed by atoms with van der Waals surface area (Å²) in [5.41, 5.74) is 0.426. The molecule has 19 heavy (non-hydrogen) atoms. The van der Waals surface area contributed by atoms with E-state index in [1.165, 1.54) is 0 Å². The second-order valence-corrected chi connectivity index (χ2v) is 4.05. The fourth-order valence-electron chi connectivity index (χ4n) is 1.83. The number of fused-ring (bicyclic) bond motifs is 1. The molecular formula is C13H8F3N3. The fourth-order valence-corrected chi connectivity index (χ4v) is 1.83. The number of nitrogens with one attached hydrogen (secondary N) is 1. The van der Waals surface area contributed by atoms with Crippen molar-refractivity contribution in [3.05, 3.63) is 48.4 Å². The summed E-state index contributed by atoms with van der Waals surface area (Å²) in [5, 5.41) is 0.925. The molecular weight excluding hydrogens is 255 g/mol. The topological polar surface area (TPSA) is 41.6 Å². The number of pyridine rings is 1. The number of imidazole rings is 1. The van der Waals surface area contributed by atoms with E-state index in [9.17, 15) is 13.2 Å². The summed E-state index contributed by atoms with van der Waals surface area (Å²) < 4.78 is 37.5. The average molecular weight is 263 g/mol. The van der Waals surface area contributed by atoms with Crippen molar-refractivity contribution in [2.45, 2.75) is 6.18 Å². The average Bonchev–Trinajstić information content (AvgIpc) is 2.87. The van der Waals surface area contributed by atoms with Gasteiger partial charge in [0.25, 0.3) is 0 Å². The van der Waals surface area contributed by atoms with E-state index < -0.39 is 11.9 Å². The van der Waals surface area contributed by atoms with Crippen molar-refractivity contribution in [2.24, 2.45) is 0 Å². The van der Waals surface area contributed by atoms with Crippen LogP contribution >= 0.6 is 0 Å². The van der Waals surface area contributed by atoms with E-state index >= 15 is 0 Å². The Hall–Kier alpha value is -2.37. The monoisotopic (exact) mass is 263 g/mol. The predicted octanol–water partition coefficient (Wildman–Crippen LogP) is 3.64. The first-order chi connectivity index (χ1) is 9.04. The molecule has 96 valence electrons. The van der Waals surface area contributed by atoms with Crippen LogP contribution in [0.15, 0.2) is 42.7 Å². The van der Waals surface area contributed by atoms with Crippen molar-refractivity contribution in [1.82, 2.24) is 15.0 Å². The molecule has 2 heterocycles. The quantitative estimate of drug-likeness (QED) is 0.728. The second kappa shape index (κ2) is 4.08. The molecule has 0 atom stereocenters. The molecule has 3 aromatic rings. The maximum Gasteiger partial charge on any atom is 0.432 e. The summed E-state index contributed by atoms with van der Waals surface area (Å²) in [7, 11) is 0. The van der Waals surface area contributed by atoms with Crippen LogP contribution in [-0.2, 0) is 6.18 Å². The van der Waals surface area contributed by atoms with Crippen LogP contribution in [0.4, 0.5) is 13.2 Å². The molecule has 0 aliphatic carbocycles. The molecule has 6 heteroatoms. The number of hydrogen-bond acceptors (Lipinski definition) is 2. The van der Waals surface area contributed by atoms with Gasteiger partial charge in [-0.05, 0) is 12.1 Å². The summed E-state index contributed by atoms with van der Waals surface area (Å²) in [4.78, 5) is 10.2. The Labute approximate surface area is 106 Å². The zero-order chi connectivity index (χ0) is 13.5. The molecule has 0 fully saturated rings. The van der Waals surface area contributed by atoms with Gasteiger partial charge in [0.15, 0.2) is 0 Å². The Balaban J connectivity index is 2.07. The molecule has 2 aromatic heterocycles. The molecule has 0 unspecified atom stereocenters. The lowest BCUT2D eigenvalue weighted by atomic mass is 10.1. The molecule has 0 amide bonds. The van der Waals surface area contributed by atoms with Gasteiger partial charge in [0, 0.05) is 17.1 Å². The van der Waals surface area contributed by atoms with E-state index in [4.69, 9.17) is 0 Å². The summed E-state index contributed by atoms with van der Waals surface area (Å²) in [6.07, 6.45) is -1.99. The van der Waals surface area contributed by atoms with Crippen LogP contribution in [0.3, 0.4) is 0 Å². The SMILES string of the molecule is FC(F)(F)c1cnc(-c2ccc3cccnc3c2)[nH]1. The molecule has 3 nitrogen and oxygen atoms in total. The molecule has 3 rings (SSSR count). The van der Waals surface area contributed by atoms with Crippen LogP contribution < -0.4 is 0 Å². The number of hydrogen-bond donors (Lipinski definition) is 1. The number of halogens is 3. The van der Waals surface area contributed by atoms with Gasteiger partial charge in [0.05, 0.1) is 11.7 Å². The van der Waals surface area contributed by atoms with E-state index in [2.05, 4.69) is 15.0 Å². The van der Waals surface area contributed by atoms with Gasteiger partial charge in [-0.25, -0.2) is 4.98 Å². The van der Waals surface area contributed by atoms with E-state index in [1.807, 2.05) is 6.07 Å². The first-order valence-electron chi connectivity index (χ1n) is 5.51. The maximum atomic E-state index is 12.5. The van der Waals surface area contributed by atoms with E-state index in [1.54, 1.807) is 30.5 Å². The summed E-state index contributed by atoms with van der Waals surface area (Å²) >= 11 is 0. The van der Waals surface area contributed by atoms with Gasteiger partial charge in [-0.1, -0.05) is 18.2 Å². The third kappa shape index (κ3) is 2.16. The van der Waals surface area contributed by atoms with E-state index in [0.717, 1.165) is 11.6 Å². The molecule has 0 bridgehead atoms. The molecule has 0 spiro atoms. The van der Waals surface area contributed by atoms with Gasteiger partial charge in [0.1, 0.15) is 11.5 Å². The summed E-state index contributed by atoms with van der Waals surface area (Å²) in [6, 6.07) is 8.90. The summed E-state index contributed by atoms with van der Waals surface area (Å²) in [6.45, 7) is 0. The van der Waals surface area contributed by atoms with Crippen molar-refractivity contribution in [1.29, 1.82) is 0 Å². The lowest BCUT2D eigenvalue weighted by Gasteiger charge is -2.02. The molecule has 1 aromatic carbocycles. The highest BCUT2D eigenvalue weighted by atomic mass is 19.4. The molecule has 0 saturated carbocycles. The lowest BCUT2D eigenvalue weighted by molar-refractivity contribution is -0.140. The van der Waals surface area contributed by atoms with Gasteiger partial charge in [-0.2, -0.15) is 13.2 Å².